The third kappa shape index (κ3) is 2.27. The van der Waals surface area contributed by atoms with Gasteiger partial charge < -0.3 is 15.6 Å². The zero-order chi connectivity index (χ0) is 14.1. The maximum absolute atomic E-state index is 12.1. The number of aryl methyl sites for hydroxylation is 1. The first-order valence-electron chi connectivity index (χ1n) is 6.78. The van der Waals surface area contributed by atoms with Crippen LogP contribution in [0.3, 0.4) is 0 Å². The van der Waals surface area contributed by atoms with E-state index in [0.29, 0.717) is 19.4 Å². The molecular formula is C15H17N3O2. The van der Waals surface area contributed by atoms with E-state index in [2.05, 4.69) is 15.6 Å². The van der Waals surface area contributed by atoms with E-state index in [1.807, 2.05) is 31.2 Å². The molecule has 1 aliphatic rings. The van der Waals surface area contributed by atoms with Gasteiger partial charge >= 0.3 is 0 Å². The molecule has 1 saturated heterocycles. The van der Waals surface area contributed by atoms with Crippen LogP contribution >= 0.6 is 0 Å². The third-order valence-electron chi connectivity index (χ3n) is 3.75. The number of carbonyl (C=O) groups excluding carboxylic acids is 2. The Morgan fingerprint density at radius 1 is 1.40 bits per heavy atom. The molecule has 2 amide bonds. The van der Waals surface area contributed by atoms with E-state index < -0.39 is 0 Å². The van der Waals surface area contributed by atoms with Gasteiger partial charge in [-0.15, -0.1) is 0 Å². The van der Waals surface area contributed by atoms with E-state index in [9.17, 15) is 9.59 Å². The molecule has 2 heterocycles. The SMILES string of the molecule is Cc1[nH]c2ccccc2c1CC(=O)N[C@H]1CCNC1=O. The molecule has 0 spiro atoms. The predicted octanol–water partition coefficient (Wildman–Crippen LogP) is 1.02. The molecule has 1 atom stereocenters. The van der Waals surface area contributed by atoms with E-state index in [-0.39, 0.29) is 17.9 Å². The summed E-state index contributed by atoms with van der Waals surface area (Å²) in [6, 6.07) is 7.54. The van der Waals surface area contributed by atoms with Crippen LogP contribution in [0.25, 0.3) is 10.9 Å². The van der Waals surface area contributed by atoms with E-state index in [4.69, 9.17) is 0 Å². The molecular weight excluding hydrogens is 254 g/mol. The molecule has 1 aromatic heterocycles. The number of H-pyrrole nitrogens is 1. The van der Waals surface area contributed by atoms with Crippen molar-refractivity contribution < 1.29 is 9.59 Å². The average Bonchev–Trinajstić information content (AvgIpc) is 2.95. The summed E-state index contributed by atoms with van der Waals surface area (Å²) >= 11 is 0. The van der Waals surface area contributed by atoms with Crippen LogP contribution in [0.2, 0.25) is 0 Å². The van der Waals surface area contributed by atoms with Crippen LogP contribution in [0.15, 0.2) is 24.3 Å². The van der Waals surface area contributed by atoms with Crippen molar-refractivity contribution in [3.8, 4) is 0 Å². The van der Waals surface area contributed by atoms with Gasteiger partial charge in [0.05, 0.1) is 6.42 Å². The van der Waals surface area contributed by atoms with Gasteiger partial charge in [0, 0.05) is 23.1 Å². The van der Waals surface area contributed by atoms with E-state index in [0.717, 1.165) is 22.2 Å². The minimum atomic E-state index is -0.381. The normalized spacial score (nSPS) is 18.2. The average molecular weight is 271 g/mol. The summed E-state index contributed by atoms with van der Waals surface area (Å²) in [7, 11) is 0. The zero-order valence-corrected chi connectivity index (χ0v) is 11.3. The van der Waals surface area contributed by atoms with Gasteiger partial charge in [0.2, 0.25) is 11.8 Å². The molecule has 1 aromatic carbocycles. The van der Waals surface area contributed by atoms with Crippen molar-refractivity contribution in [2.24, 2.45) is 0 Å². The summed E-state index contributed by atoms with van der Waals surface area (Å²) in [6.45, 7) is 2.60. The lowest BCUT2D eigenvalue weighted by Crippen LogP contribution is -2.40. The summed E-state index contributed by atoms with van der Waals surface area (Å²) in [5.41, 5.74) is 3.03. The molecule has 20 heavy (non-hydrogen) atoms. The second kappa shape index (κ2) is 5.00. The van der Waals surface area contributed by atoms with Crippen LogP contribution in [0.4, 0.5) is 0 Å². The smallest absolute Gasteiger partial charge is 0.242 e. The minimum absolute atomic E-state index is 0.0889. The number of rotatable bonds is 3. The summed E-state index contributed by atoms with van der Waals surface area (Å²) in [4.78, 5) is 26.8. The van der Waals surface area contributed by atoms with Gasteiger partial charge in [-0.3, -0.25) is 9.59 Å². The Bertz CT molecular complexity index is 675. The molecule has 0 unspecified atom stereocenters. The van der Waals surface area contributed by atoms with Crippen molar-refractivity contribution in [2.75, 3.05) is 6.54 Å². The molecule has 1 aliphatic heterocycles. The van der Waals surface area contributed by atoms with Crippen LogP contribution < -0.4 is 10.6 Å². The summed E-state index contributed by atoms with van der Waals surface area (Å²) in [5, 5.41) is 6.57. The first kappa shape index (κ1) is 12.7. The van der Waals surface area contributed by atoms with Gasteiger partial charge in [-0.1, -0.05) is 18.2 Å². The number of carbonyl (C=O) groups is 2. The topological polar surface area (TPSA) is 74.0 Å². The van der Waals surface area contributed by atoms with Gasteiger partial charge in [-0.2, -0.15) is 0 Å². The Kier molecular flexibility index (Phi) is 3.18. The fraction of sp³-hybridized carbons (Fsp3) is 0.333. The summed E-state index contributed by atoms with van der Waals surface area (Å²) in [5.74, 6) is -0.200. The van der Waals surface area contributed by atoms with Crippen molar-refractivity contribution in [1.82, 2.24) is 15.6 Å². The summed E-state index contributed by atoms with van der Waals surface area (Å²) in [6.07, 6.45) is 0.955. The largest absolute Gasteiger partial charge is 0.358 e. The number of benzene rings is 1. The van der Waals surface area contributed by atoms with Gasteiger partial charge in [0.25, 0.3) is 0 Å². The molecule has 0 saturated carbocycles. The Morgan fingerprint density at radius 2 is 2.20 bits per heavy atom. The van der Waals surface area contributed by atoms with Crippen molar-refractivity contribution >= 4 is 22.7 Å². The van der Waals surface area contributed by atoms with Crippen LogP contribution in [0.1, 0.15) is 17.7 Å². The highest BCUT2D eigenvalue weighted by atomic mass is 16.2. The molecule has 5 nitrogen and oxygen atoms in total. The van der Waals surface area contributed by atoms with Crippen LogP contribution in [0.5, 0.6) is 0 Å². The second-order valence-corrected chi connectivity index (χ2v) is 5.15. The molecule has 3 N–H and O–H groups in total. The number of nitrogens with one attached hydrogen (secondary N) is 3. The lowest BCUT2D eigenvalue weighted by molar-refractivity contribution is -0.127. The van der Waals surface area contributed by atoms with Gasteiger partial charge in [0.1, 0.15) is 6.04 Å². The highest BCUT2D eigenvalue weighted by Gasteiger charge is 2.25. The third-order valence-corrected chi connectivity index (χ3v) is 3.75. The molecule has 5 heteroatoms. The highest BCUT2D eigenvalue weighted by molar-refractivity contribution is 5.93. The van der Waals surface area contributed by atoms with Crippen molar-refractivity contribution in [3.05, 3.63) is 35.5 Å². The van der Waals surface area contributed by atoms with Crippen LogP contribution in [-0.2, 0) is 16.0 Å². The summed E-state index contributed by atoms with van der Waals surface area (Å²) < 4.78 is 0. The zero-order valence-electron chi connectivity index (χ0n) is 11.3. The standard InChI is InChI=1S/C15H17N3O2/c1-9-11(10-4-2-3-5-12(10)17-9)8-14(19)18-13-6-7-16-15(13)20/h2-5,13,17H,6-8H2,1H3,(H,16,20)(H,18,19)/t13-/m0/s1. The fourth-order valence-electron chi connectivity index (χ4n) is 2.70. The monoisotopic (exact) mass is 271 g/mol. The lowest BCUT2D eigenvalue weighted by atomic mass is 10.1. The van der Waals surface area contributed by atoms with Gasteiger partial charge in [-0.25, -0.2) is 0 Å². The first-order chi connectivity index (χ1) is 9.65. The Labute approximate surface area is 116 Å². The van der Waals surface area contributed by atoms with E-state index in [1.54, 1.807) is 0 Å². The van der Waals surface area contributed by atoms with E-state index >= 15 is 0 Å². The van der Waals surface area contributed by atoms with Crippen LogP contribution in [0, 0.1) is 6.92 Å². The Hall–Kier alpha value is -2.30. The fourth-order valence-corrected chi connectivity index (χ4v) is 2.70. The maximum Gasteiger partial charge on any atom is 0.242 e. The number of para-hydroxylation sites is 1. The quantitative estimate of drug-likeness (QED) is 0.780. The molecule has 0 aliphatic carbocycles. The number of hydrogen-bond donors (Lipinski definition) is 3. The molecule has 104 valence electrons. The predicted molar refractivity (Wildman–Crippen MR) is 76.3 cm³/mol. The molecule has 3 rings (SSSR count). The Morgan fingerprint density at radius 3 is 2.95 bits per heavy atom. The maximum atomic E-state index is 12.1. The lowest BCUT2D eigenvalue weighted by Gasteiger charge is -2.10. The number of aromatic nitrogens is 1. The number of aromatic amines is 1. The molecule has 1 fully saturated rings. The first-order valence-corrected chi connectivity index (χ1v) is 6.78. The number of hydrogen-bond acceptors (Lipinski definition) is 2. The molecule has 0 radical (unpaired) electrons. The van der Waals surface area contributed by atoms with E-state index in [1.165, 1.54) is 0 Å². The molecule has 2 aromatic rings. The highest BCUT2D eigenvalue weighted by Crippen LogP contribution is 2.22. The van der Waals surface area contributed by atoms with Crippen LogP contribution in [-0.4, -0.2) is 29.4 Å². The van der Waals surface area contributed by atoms with Crippen molar-refractivity contribution in [3.63, 3.8) is 0 Å². The van der Waals surface area contributed by atoms with Gasteiger partial charge in [-0.05, 0) is 25.0 Å². The minimum Gasteiger partial charge on any atom is -0.358 e. The number of amides is 2. The van der Waals surface area contributed by atoms with Gasteiger partial charge in [0.15, 0.2) is 0 Å². The number of fused-ring (bicyclic) bond motifs is 1. The second-order valence-electron chi connectivity index (χ2n) is 5.15. The van der Waals surface area contributed by atoms with Crippen molar-refractivity contribution in [1.29, 1.82) is 0 Å². The Balaban J connectivity index is 1.77. The van der Waals surface area contributed by atoms with Crippen molar-refractivity contribution in [2.45, 2.75) is 25.8 Å². The molecule has 0 bridgehead atoms.